The lowest BCUT2D eigenvalue weighted by Crippen LogP contribution is -2.39. The minimum Gasteiger partial charge on any atom is -0.342 e. The molecule has 2 fully saturated rings. The van der Waals surface area contributed by atoms with E-state index in [1.165, 1.54) is 63.1 Å². The standard InChI is InChI=1S/C18H30N4OS/c1-22(15-9-3-2-4-10-15)17(23)13-24-18-19-16(20-21-18)12-11-14-7-5-6-8-14/h14-15H,2-13H2,1H3,(H,19,20,21). The van der Waals surface area contributed by atoms with Crippen molar-refractivity contribution in [3.05, 3.63) is 5.82 Å². The second kappa shape index (κ2) is 8.88. The molecule has 6 heteroatoms. The van der Waals surface area contributed by atoms with Gasteiger partial charge in [0.05, 0.1) is 5.75 Å². The molecule has 1 heterocycles. The molecular weight excluding hydrogens is 320 g/mol. The number of hydrogen-bond donors (Lipinski definition) is 1. The molecule has 1 amide bonds. The van der Waals surface area contributed by atoms with Gasteiger partial charge < -0.3 is 4.90 Å². The first kappa shape index (κ1) is 17.8. The predicted octanol–water partition coefficient (Wildman–Crippen LogP) is 3.81. The van der Waals surface area contributed by atoms with Gasteiger partial charge in [0.2, 0.25) is 11.1 Å². The number of amides is 1. The predicted molar refractivity (Wildman–Crippen MR) is 97.0 cm³/mol. The quantitative estimate of drug-likeness (QED) is 0.760. The van der Waals surface area contributed by atoms with Crippen molar-refractivity contribution in [3.63, 3.8) is 0 Å². The third-order valence-corrected chi connectivity index (χ3v) is 6.45. The van der Waals surface area contributed by atoms with E-state index in [2.05, 4.69) is 15.2 Å². The highest BCUT2D eigenvalue weighted by molar-refractivity contribution is 7.99. The van der Waals surface area contributed by atoms with Crippen LogP contribution in [0.2, 0.25) is 0 Å². The van der Waals surface area contributed by atoms with Crippen molar-refractivity contribution in [2.45, 2.75) is 81.8 Å². The smallest absolute Gasteiger partial charge is 0.233 e. The topological polar surface area (TPSA) is 61.9 Å². The summed E-state index contributed by atoms with van der Waals surface area (Å²) >= 11 is 1.46. The molecule has 1 aromatic heterocycles. The van der Waals surface area contributed by atoms with E-state index in [4.69, 9.17) is 0 Å². The van der Waals surface area contributed by atoms with Crippen LogP contribution in [0, 0.1) is 5.92 Å². The third kappa shape index (κ3) is 4.98. The van der Waals surface area contributed by atoms with Crippen molar-refractivity contribution in [2.24, 2.45) is 5.92 Å². The summed E-state index contributed by atoms with van der Waals surface area (Å²) in [5.74, 6) is 2.48. The maximum absolute atomic E-state index is 12.4. The highest BCUT2D eigenvalue weighted by atomic mass is 32.2. The minimum atomic E-state index is 0.198. The van der Waals surface area contributed by atoms with E-state index in [-0.39, 0.29) is 5.91 Å². The van der Waals surface area contributed by atoms with Gasteiger partial charge in [0.15, 0.2) is 0 Å². The van der Waals surface area contributed by atoms with Gasteiger partial charge in [-0.15, -0.1) is 5.10 Å². The van der Waals surface area contributed by atoms with Crippen LogP contribution in [0.1, 0.15) is 70.0 Å². The van der Waals surface area contributed by atoms with Crippen LogP contribution < -0.4 is 0 Å². The van der Waals surface area contributed by atoms with Crippen LogP contribution in [0.5, 0.6) is 0 Å². The first-order valence-corrected chi connectivity index (χ1v) is 10.5. The van der Waals surface area contributed by atoms with E-state index in [1.54, 1.807) is 0 Å². The van der Waals surface area contributed by atoms with Crippen molar-refractivity contribution in [1.82, 2.24) is 20.1 Å². The average molecular weight is 351 g/mol. The molecule has 1 N–H and O–H groups in total. The molecule has 3 rings (SSSR count). The molecule has 2 saturated carbocycles. The van der Waals surface area contributed by atoms with E-state index in [0.717, 1.165) is 31.0 Å². The first-order chi connectivity index (χ1) is 11.7. The lowest BCUT2D eigenvalue weighted by atomic mass is 9.94. The number of aromatic amines is 1. The zero-order valence-corrected chi connectivity index (χ0v) is 15.6. The maximum Gasteiger partial charge on any atom is 0.233 e. The van der Waals surface area contributed by atoms with Gasteiger partial charge in [-0.05, 0) is 25.2 Å². The van der Waals surface area contributed by atoms with Crippen LogP contribution in [0.15, 0.2) is 5.16 Å². The summed E-state index contributed by atoms with van der Waals surface area (Å²) in [7, 11) is 1.95. The summed E-state index contributed by atoms with van der Waals surface area (Å²) in [5.41, 5.74) is 0. The molecule has 2 aliphatic carbocycles. The monoisotopic (exact) mass is 350 g/mol. The zero-order chi connectivity index (χ0) is 16.8. The summed E-state index contributed by atoms with van der Waals surface area (Å²) in [4.78, 5) is 18.8. The molecule has 0 atom stereocenters. The molecule has 24 heavy (non-hydrogen) atoms. The van der Waals surface area contributed by atoms with E-state index < -0.39 is 0 Å². The van der Waals surface area contributed by atoms with Crippen LogP contribution >= 0.6 is 11.8 Å². The molecule has 0 radical (unpaired) electrons. The van der Waals surface area contributed by atoms with Crippen molar-refractivity contribution in [1.29, 1.82) is 0 Å². The van der Waals surface area contributed by atoms with E-state index in [9.17, 15) is 4.79 Å². The number of thioether (sulfide) groups is 1. The Hall–Kier alpha value is -1.04. The molecule has 5 nitrogen and oxygen atoms in total. The summed E-state index contributed by atoms with van der Waals surface area (Å²) in [6.07, 6.45) is 13.8. The Morgan fingerprint density at radius 3 is 2.62 bits per heavy atom. The Balaban J connectivity index is 1.40. The molecule has 2 aliphatic rings. The second-order valence-corrected chi connectivity index (χ2v) is 8.28. The molecule has 0 aliphatic heterocycles. The third-order valence-electron chi connectivity index (χ3n) is 5.62. The average Bonchev–Trinajstić information content (AvgIpc) is 3.29. The van der Waals surface area contributed by atoms with Gasteiger partial charge in [0.25, 0.3) is 0 Å². The fourth-order valence-corrected chi connectivity index (χ4v) is 4.74. The van der Waals surface area contributed by atoms with Crippen molar-refractivity contribution >= 4 is 17.7 Å². The number of aromatic nitrogens is 3. The van der Waals surface area contributed by atoms with Gasteiger partial charge in [-0.25, -0.2) is 4.98 Å². The summed E-state index contributed by atoms with van der Waals surface area (Å²) in [6.45, 7) is 0. The molecular formula is C18H30N4OS. The van der Waals surface area contributed by atoms with Gasteiger partial charge in [0, 0.05) is 19.5 Å². The molecule has 1 aromatic rings. The highest BCUT2D eigenvalue weighted by Crippen LogP contribution is 2.28. The lowest BCUT2D eigenvalue weighted by Gasteiger charge is -2.31. The first-order valence-electron chi connectivity index (χ1n) is 9.52. The fourth-order valence-electron chi connectivity index (χ4n) is 3.99. The van der Waals surface area contributed by atoms with Crippen LogP contribution in [0.3, 0.4) is 0 Å². The molecule has 134 valence electrons. The van der Waals surface area contributed by atoms with E-state index in [0.29, 0.717) is 17.0 Å². The second-order valence-electron chi connectivity index (χ2n) is 7.34. The summed E-state index contributed by atoms with van der Waals surface area (Å²) in [5, 5.41) is 8.01. The van der Waals surface area contributed by atoms with Gasteiger partial charge in [-0.3, -0.25) is 9.89 Å². The van der Waals surface area contributed by atoms with E-state index in [1.807, 2.05) is 11.9 Å². The molecule has 0 saturated heterocycles. The Morgan fingerprint density at radius 1 is 1.17 bits per heavy atom. The number of aryl methyl sites for hydroxylation is 1. The summed E-state index contributed by atoms with van der Waals surface area (Å²) < 4.78 is 0. The number of rotatable bonds is 7. The van der Waals surface area contributed by atoms with Gasteiger partial charge >= 0.3 is 0 Å². The Kier molecular flexibility index (Phi) is 6.58. The molecule has 0 unspecified atom stereocenters. The number of hydrogen-bond acceptors (Lipinski definition) is 4. The minimum absolute atomic E-state index is 0.198. The normalized spacial score (nSPS) is 19.7. The lowest BCUT2D eigenvalue weighted by molar-refractivity contribution is -0.129. The highest BCUT2D eigenvalue weighted by Gasteiger charge is 2.22. The number of H-pyrrole nitrogens is 1. The zero-order valence-electron chi connectivity index (χ0n) is 14.8. The van der Waals surface area contributed by atoms with Crippen molar-refractivity contribution in [2.75, 3.05) is 12.8 Å². The number of nitrogens with one attached hydrogen (secondary N) is 1. The van der Waals surface area contributed by atoms with Gasteiger partial charge in [-0.1, -0.05) is 56.7 Å². The number of carbonyl (C=O) groups is 1. The number of carbonyl (C=O) groups excluding carboxylic acids is 1. The molecule has 0 aromatic carbocycles. The van der Waals surface area contributed by atoms with Crippen LogP contribution in [-0.2, 0) is 11.2 Å². The molecule has 0 bridgehead atoms. The fraction of sp³-hybridized carbons (Fsp3) is 0.833. The Labute approximate surface area is 149 Å². The Bertz CT molecular complexity index is 521. The van der Waals surface area contributed by atoms with Gasteiger partial charge in [0.1, 0.15) is 5.82 Å². The van der Waals surface area contributed by atoms with Crippen LogP contribution in [0.4, 0.5) is 0 Å². The van der Waals surface area contributed by atoms with Crippen LogP contribution in [-0.4, -0.2) is 44.8 Å². The molecule has 0 spiro atoms. The summed E-state index contributed by atoms with van der Waals surface area (Å²) in [6, 6.07) is 0.431. The van der Waals surface area contributed by atoms with E-state index >= 15 is 0 Å². The van der Waals surface area contributed by atoms with Crippen molar-refractivity contribution < 1.29 is 4.79 Å². The Morgan fingerprint density at radius 2 is 1.88 bits per heavy atom. The van der Waals surface area contributed by atoms with Crippen molar-refractivity contribution in [3.8, 4) is 0 Å². The van der Waals surface area contributed by atoms with Crippen LogP contribution in [0.25, 0.3) is 0 Å². The maximum atomic E-state index is 12.4. The number of nitrogens with zero attached hydrogens (tertiary/aromatic N) is 3. The SMILES string of the molecule is CN(C(=O)CSc1n[nH]c(CCC2CCCC2)n1)C1CCCCC1. The largest absolute Gasteiger partial charge is 0.342 e. The van der Waals surface area contributed by atoms with Gasteiger partial charge in [-0.2, -0.15) is 0 Å².